The van der Waals surface area contributed by atoms with Crippen LogP contribution >= 0.6 is 28.1 Å². The van der Waals surface area contributed by atoms with Crippen LogP contribution in [-0.2, 0) is 14.3 Å². The van der Waals surface area contributed by atoms with E-state index in [9.17, 15) is 14.7 Å². The second-order valence-electron chi connectivity index (χ2n) is 6.32. The maximum Gasteiger partial charge on any atom is 0.344 e. The average Bonchev–Trinajstić information content (AvgIpc) is 3.04. The molecule has 1 aliphatic rings. The third-order valence-corrected chi connectivity index (χ3v) is 6.93. The number of ketones is 1. The van der Waals surface area contributed by atoms with Crippen LogP contribution in [0.15, 0.2) is 64.0 Å². The molecule has 0 bridgehead atoms. The third kappa shape index (κ3) is 6.31. The first-order chi connectivity index (χ1) is 15.4. The van der Waals surface area contributed by atoms with Crippen molar-refractivity contribution in [3.05, 3.63) is 69.6 Å². The summed E-state index contributed by atoms with van der Waals surface area (Å²) < 4.78 is 10.7. The van der Waals surface area contributed by atoms with Gasteiger partial charge in [0.05, 0.1) is 22.2 Å². The Bertz CT molecular complexity index is 1070. The van der Waals surface area contributed by atoms with Gasteiger partial charge >= 0.3 is 5.97 Å². The second kappa shape index (κ2) is 11.5. The average molecular weight is 493 g/mol. The Kier molecular flexibility index (Phi) is 8.67. The van der Waals surface area contributed by atoms with Gasteiger partial charge in [-0.15, -0.1) is 0 Å². The zero-order chi connectivity index (χ0) is 23.1. The molecule has 1 atom stereocenters. The second-order valence-corrected chi connectivity index (χ2v) is 10.7. The number of benzene rings is 2. The van der Waals surface area contributed by atoms with E-state index in [-0.39, 0.29) is 32.5 Å². The number of ether oxygens (including phenoxy) is 2. The summed E-state index contributed by atoms with van der Waals surface area (Å²) in [6, 6.07) is 13.4. The monoisotopic (exact) mass is 493 g/mol. The molecule has 0 spiro atoms. The van der Waals surface area contributed by atoms with Crippen LogP contribution in [0.25, 0.3) is 6.08 Å². The normalized spacial score (nSPS) is 15.2. The summed E-state index contributed by atoms with van der Waals surface area (Å²) in [6.07, 6.45) is 1.71. The van der Waals surface area contributed by atoms with E-state index in [4.69, 9.17) is 19.3 Å². The molecule has 168 valence electrons. The van der Waals surface area contributed by atoms with Crippen molar-refractivity contribution in [2.24, 2.45) is 0 Å². The quantitative estimate of drug-likeness (QED) is 0.176. The molecule has 2 aromatic carbocycles. The van der Waals surface area contributed by atoms with Gasteiger partial charge in [0, 0.05) is 8.27 Å². The molecule has 0 aliphatic carbocycles. The molecule has 0 radical (unpaired) electrons. The Morgan fingerprint density at radius 2 is 2.00 bits per heavy atom. The van der Waals surface area contributed by atoms with Crippen molar-refractivity contribution in [1.82, 2.24) is 0 Å². The molecule has 0 amide bonds. The van der Waals surface area contributed by atoms with E-state index < -0.39 is 19.8 Å². The Morgan fingerprint density at radius 3 is 2.72 bits per heavy atom. The summed E-state index contributed by atoms with van der Waals surface area (Å²) in [5.41, 5.74) is 1.00. The van der Waals surface area contributed by atoms with Crippen molar-refractivity contribution < 1.29 is 34.0 Å². The molecule has 3 rings (SSSR count). The Labute approximate surface area is 191 Å². The van der Waals surface area contributed by atoms with Gasteiger partial charge in [-0.1, -0.05) is 36.0 Å². The van der Waals surface area contributed by atoms with Gasteiger partial charge in [-0.25, -0.2) is 4.79 Å². The van der Waals surface area contributed by atoms with Crippen LogP contribution in [0, 0.1) is 0 Å². The summed E-state index contributed by atoms with van der Waals surface area (Å²) in [6.45, 7) is 1.77. The zero-order valence-corrected chi connectivity index (χ0v) is 19.7. The number of esters is 1. The number of hydrogen-bond acceptors (Lipinski definition) is 9. The first-order valence-corrected chi connectivity index (χ1v) is 13.5. The highest BCUT2D eigenvalue weighted by Crippen LogP contribution is 2.48. The molecular formula is C21H21NO7P2S. The van der Waals surface area contributed by atoms with Crippen LogP contribution in [-0.4, -0.2) is 39.6 Å². The van der Waals surface area contributed by atoms with Gasteiger partial charge < -0.3 is 29.7 Å². The molecule has 1 aliphatic heterocycles. The number of carbonyl (C=O) groups excluding carboxylic acids is 2. The van der Waals surface area contributed by atoms with Gasteiger partial charge in [0.1, 0.15) is 23.4 Å². The fraction of sp³-hybridized carbons (Fsp3) is 0.143. The minimum Gasteiger partial charge on any atom is -0.508 e. The maximum absolute atomic E-state index is 13.0. The molecule has 11 heteroatoms. The molecule has 32 heavy (non-hydrogen) atoms. The standard InChI is InChI=1S/C21H21NO7P2S/c1-2-28-21(25)18-19(24)17(11-13-6-5-7-14(23)10-13)32-20(18)22-15-8-3-4-9-16(15)29-12-30-31(26)27/h3-11,22-23,26-27,30H,2,12H2,1H3/b17-11-. The molecule has 0 fully saturated rings. The van der Waals surface area contributed by atoms with Crippen LogP contribution in [0.3, 0.4) is 0 Å². The van der Waals surface area contributed by atoms with Crippen molar-refractivity contribution in [3.8, 4) is 11.5 Å². The lowest BCUT2D eigenvalue weighted by molar-refractivity contribution is -0.139. The van der Waals surface area contributed by atoms with Gasteiger partial charge in [0.25, 0.3) is 0 Å². The lowest BCUT2D eigenvalue weighted by atomic mass is 10.1. The minimum atomic E-state index is -2.04. The number of phenols is 1. The number of para-hydroxylation sites is 2. The van der Waals surface area contributed by atoms with Crippen molar-refractivity contribution in [2.75, 3.05) is 18.3 Å². The number of allylic oxidation sites excluding steroid dienone is 1. The lowest BCUT2D eigenvalue weighted by Gasteiger charge is -2.14. The van der Waals surface area contributed by atoms with Crippen molar-refractivity contribution in [2.45, 2.75) is 6.92 Å². The number of rotatable bonds is 9. The topological polar surface area (TPSA) is 125 Å². The highest BCUT2D eigenvalue weighted by atomic mass is 32.2. The highest BCUT2D eigenvalue weighted by Gasteiger charge is 2.35. The number of aromatic hydroxyl groups is 1. The highest BCUT2D eigenvalue weighted by molar-refractivity contribution is 8.15. The van der Waals surface area contributed by atoms with Gasteiger partial charge in [-0.05, 0) is 42.8 Å². The van der Waals surface area contributed by atoms with Crippen molar-refractivity contribution in [3.63, 3.8) is 0 Å². The van der Waals surface area contributed by atoms with E-state index in [0.29, 0.717) is 26.9 Å². The smallest absolute Gasteiger partial charge is 0.344 e. The van der Waals surface area contributed by atoms with Crippen LogP contribution < -0.4 is 10.1 Å². The van der Waals surface area contributed by atoms with E-state index >= 15 is 0 Å². The van der Waals surface area contributed by atoms with E-state index in [1.807, 2.05) is 0 Å². The zero-order valence-electron chi connectivity index (χ0n) is 16.9. The summed E-state index contributed by atoms with van der Waals surface area (Å²) in [5, 5.41) is 13.1. The number of thioether (sulfide) groups is 1. The first kappa shape index (κ1) is 24.2. The van der Waals surface area contributed by atoms with Gasteiger partial charge in [-0.3, -0.25) is 4.79 Å². The largest absolute Gasteiger partial charge is 0.508 e. The number of carbonyl (C=O) groups is 2. The Morgan fingerprint density at radius 1 is 1.22 bits per heavy atom. The van der Waals surface area contributed by atoms with Crippen molar-refractivity contribution in [1.29, 1.82) is 0 Å². The van der Waals surface area contributed by atoms with E-state index in [1.54, 1.807) is 49.4 Å². The SMILES string of the molecule is CCOC(=O)C1=C(Nc2ccccc2OCPP(O)O)S/C(=C\c2cccc(O)c2)C1=O. The number of Topliss-reactive ketones (excluding diaryl/α,β-unsaturated/α-hetero) is 1. The van der Waals surface area contributed by atoms with E-state index in [1.165, 1.54) is 12.1 Å². The Balaban J connectivity index is 1.90. The van der Waals surface area contributed by atoms with E-state index in [2.05, 4.69) is 5.32 Å². The molecular weight excluding hydrogens is 472 g/mol. The molecule has 1 unspecified atom stereocenters. The van der Waals surface area contributed by atoms with Crippen LogP contribution in [0.1, 0.15) is 12.5 Å². The van der Waals surface area contributed by atoms with Crippen molar-refractivity contribution >= 4 is 51.6 Å². The number of nitrogens with one attached hydrogen (secondary N) is 1. The maximum atomic E-state index is 13.0. The molecule has 0 saturated heterocycles. The molecule has 2 aromatic rings. The number of phenolic OH excluding ortho intramolecular Hbond substituents is 1. The molecule has 0 saturated carbocycles. The number of hydrogen-bond donors (Lipinski definition) is 4. The Hall–Kier alpha value is -2.41. The fourth-order valence-electron chi connectivity index (χ4n) is 2.76. The third-order valence-electron chi connectivity index (χ3n) is 4.11. The minimum absolute atomic E-state index is 0.0629. The first-order valence-electron chi connectivity index (χ1n) is 9.44. The number of anilines is 1. The predicted octanol–water partition coefficient (Wildman–Crippen LogP) is 4.16. The fourth-order valence-corrected chi connectivity index (χ4v) is 4.68. The summed E-state index contributed by atoms with van der Waals surface area (Å²) in [7, 11) is -2.20. The summed E-state index contributed by atoms with van der Waals surface area (Å²) >= 11 is 1.08. The lowest BCUT2D eigenvalue weighted by Crippen LogP contribution is -2.16. The van der Waals surface area contributed by atoms with Gasteiger partial charge in [0.2, 0.25) is 5.78 Å². The molecule has 1 heterocycles. The van der Waals surface area contributed by atoms with Gasteiger partial charge in [0.15, 0.2) is 8.06 Å². The summed E-state index contributed by atoms with van der Waals surface area (Å²) in [5.74, 6) is -0.720. The van der Waals surface area contributed by atoms with E-state index in [0.717, 1.165) is 11.8 Å². The molecule has 8 nitrogen and oxygen atoms in total. The van der Waals surface area contributed by atoms with Gasteiger partial charge in [-0.2, -0.15) is 0 Å². The van der Waals surface area contributed by atoms with Crippen LogP contribution in [0.4, 0.5) is 5.69 Å². The molecule has 0 aromatic heterocycles. The van der Waals surface area contributed by atoms with Crippen LogP contribution in [0.2, 0.25) is 0 Å². The summed E-state index contributed by atoms with van der Waals surface area (Å²) in [4.78, 5) is 44.0. The molecule has 4 N–H and O–H groups in total. The van der Waals surface area contributed by atoms with Crippen LogP contribution in [0.5, 0.6) is 11.5 Å². The predicted molar refractivity (Wildman–Crippen MR) is 128 cm³/mol.